The van der Waals surface area contributed by atoms with Crippen molar-refractivity contribution in [1.29, 1.82) is 5.26 Å². The monoisotopic (exact) mass is 114 g/mol. The van der Waals surface area contributed by atoms with E-state index in [9.17, 15) is 0 Å². The van der Waals surface area contributed by atoms with Gasteiger partial charge in [0.25, 0.3) is 0 Å². The summed E-state index contributed by atoms with van der Waals surface area (Å²) >= 11 is 0. The lowest BCUT2D eigenvalue weighted by Crippen LogP contribution is -1.99. The number of oxime groups is 1. The van der Waals surface area contributed by atoms with Crippen molar-refractivity contribution in [3.8, 4) is 6.07 Å². The maximum Gasteiger partial charge on any atom is 0.329 e. The van der Waals surface area contributed by atoms with Gasteiger partial charge < -0.3 is 9.94 Å². The molecule has 0 amide bonds. The molecule has 0 atom stereocenters. The van der Waals surface area contributed by atoms with E-state index in [1.165, 1.54) is 6.07 Å². The van der Waals surface area contributed by atoms with E-state index in [0.717, 1.165) is 0 Å². The van der Waals surface area contributed by atoms with Gasteiger partial charge in [0.2, 0.25) is 0 Å². The zero-order valence-electron chi connectivity index (χ0n) is 4.46. The second-order valence-corrected chi connectivity index (χ2v) is 0.950. The zero-order chi connectivity index (χ0) is 6.41. The van der Waals surface area contributed by atoms with Crippen LogP contribution >= 0.6 is 0 Å². The fraction of sp³-hybridized carbons (Fsp3) is 0.500. The summed E-state index contributed by atoms with van der Waals surface area (Å²) < 4.78 is 4.48. The molecule has 0 heterocycles. The molecule has 0 aliphatic rings. The molecule has 0 aromatic rings. The second kappa shape index (κ2) is 3.93. The Bertz CT molecular complexity index is 124. The summed E-state index contributed by atoms with van der Waals surface area (Å²) in [5.74, 6) is -0.299. The summed E-state index contributed by atoms with van der Waals surface area (Å²) in [7, 11) is 0. The van der Waals surface area contributed by atoms with Crippen LogP contribution in [0.1, 0.15) is 6.92 Å². The highest BCUT2D eigenvalue weighted by molar-refractivity contribution is 5.90. The van der Waals surface area contributed by atoms with Crippen molar-refractivity contribution in [2.45, 2.75) is 6.92 Å². The molecule has 0 aromatic carbocycles. The standard InChI is InChI=1S/C4H6N2O2/c1-2-8-4(3-5)6-7/h7H,2H2,1H3/b6-4+. The van der Waals surface area contributed by atoms with Gasteiger partial charge >= 0.3 is 5.90 Å². The molecule has 0 saturated carbocycles. The van der Waals surface area contributed by atoms with E-state index in [1.54, 1.807) is 6.92 Å². The third kappa shape index (κ3) is 2.03. The smallest absolute Gasteiger partial charge is 0.329 e. The van der Waals surface area contributed by atoms with Crippen LogP contribution in [0, 0.1) is 11.3 Å². The molecule has 1 N–H and O–H groups in total. The first-order valence-electron chi connectivity index (χ1n) is 2.10. The molecular weight excluding hydrogens is 108 g/mol. The molecule has 0 radical (unpaired) electrons. The van der Waals surface area contributed by atoms with E-state index in [1.807, 2.05) is 0 Å². The Hall–Kier alpha value is -1.24. The first-order valence-corrected chi connectivity index (χ1v) is 2.10. The highest BCUT2D eigenvalue weighted by Gasteiger charge is 1.91. The van der Waals surface area contributed by atoms with Crippen molar-refractivity contribution in [2.75, 3.05) is 6.61 Å². The van der Waals surface area contributed by atoms with E-state index in [0.29, 0.717) is 6.61 Å². The molecule has 0 aromatic heterocycles. The van der Waals surface area contributed by atoms with Gasteiger partial charge in [-0.1, -0.05) is 0 Å². The van der Waals surface area contributed by atoms with Gasteiger partial charge in [-0.15, -0.1) is 0 Å². The predicted octanol–water partition coefficient (Wildman–Crippen LogP) is 0.334. The van der Waals surface area contributed by atoms with Crippen LogP contribution in [0.5, 0.6) is 0 Å². The summed E-state index contributed by atoms with van der Waals surface area (Å²) in [4.78, 5) is 0. The lowest BCUT2D eigenvalue weighted by atomic mass is 10.7. The number of nitrogens with zero attached hydrogens (tertiary/aromatic N) is 2. The minimum absolute atomic E-state index is 0.299. The van der Waals surface area contributed by atoms with Gasteiger partial charge in [0.15, 0.2) is 6.07 Å². The Labute approximate surface area is 47.0 Å². The van der Waals surface area contributed by atoms with Crippen LogP contribution in [0.15, 0.2) is 5.16 Å². The van der Waals surface area contributed by atoms with E-state index in [-0.39, 0.29) is 5.90 Å². The van der Waals surface area contributed by atoms with Gasteiger partial charge in [0.05, 0.1) is 6.61 Å². The van der Waals surface area contributed by atoms with Crippen LogP contribution in [0.2, 0.25) is 0 Å². The predicted molar refractivity (Wildman–Crippen MR) is 26.5 cm³/mol. The second-order valence-electron chi connectivity index (χ2n) is 0.950. The van der Waals surface area contributed by atoms with E-state index in [2.05, 4.69) is 9.89 Å². The van der Waals surface area contributed by atoms with E-state index >= 15 is 0 Å². The summed E-state index contributed by atoms with van der Waals surface area (Å²) in [5.41, 5.74) is 0. The molecule has 0 fully saturated rings. The fourth-order valence-electron chi connectivity index (χ4n) is 0.220. The first kappa shape index (κ1) is 6.76. The maximum atomic E-state index is 7.99. The molecular formula is C4H6N2O2. The topological polar surface area (TPSA) is 65.6 Å². The third-order valence-electron chi connectivity index (χ3n) is 0.468. The highest BCUT2D eigenvalue weighted by Crippen LogP contribution is 1.76. The van der Waals surface area contributed by atoms with Crippen LogP contribution in [-0.4, -0.2) is 17.7 Å². The van der Waals surface area contributed by atoms with Crippen molar-refractivity contribution in [3.63, 3.8) is 0 Å². The normalized spacial score (nSPS) is 10.2. The fourth-order valence-corrected chi connectivity index (χ4v) is 0.220. The van der Waals surface area contributed by atoms with E-state index < -0.39 is 0 Å². The van der Waals surface area contributed by atoms with Crippen molar-refractivity contribution in [3.05, 3.63) is 0 Å². The van der Waals surface area contributed by atoms with Crippen molar-refractivity contribution in [1.82, 2.24) is 0 Å². The lowest BCUT2D eigenvalue weighted by molar-refractivity contribution is 0.268. The van der Waals surface area contributed by atoms with Gasteiger partial charge in [-0.05, 0) is 12.1 Å². The molecule has 44 valence electrons. The van der Waals surface area contributed by atoms with Crippen molar-refractivity contribution in [2.24, 2.45) is 5.16 Å². The van der Waals surface area contributed by atoms with Gasteiger partial charge in [0.1, 0.15) is 0 Å². The largest absolute Gasteiger partial charge is 0.468 e. The average Bonchev–Trinajstić information content (AvgIpc) is 1.83. The summed E-state index contributed by atoms with van der Waals surface area (Å²) in [6, 6.07) is 1.53. The SMILES string of the molecule is CCO/C(C#N)=N/O. The van der Waals surface area contributed by atoms with E-state index in [4.69, 9.17) is 10.5 Å². The Balaban J connectivity index is 3.60. The molecule has 4 heteroatoms. The first-order chi connectivity index (χ1) is 3.85. The van der Waals surface area contributed by atoms with Crippen molar-refractivity contribution < 1.29 is 9.94 Å². The number of nitriles is 1. The molecule has 8 heavy (non-hydrogen) atoms. The molecule has 0 rings (SSSR count). The minimum Gasteiger partial charge on any atom is -0.468 e. The Morgan fingerprint density at radius 1 is 2.00 bits per heavy atom. The molecule has 0 aliphatic heterocycles. The van der Waals surface area contributed by atoms with Gasteiger partial charge in [-0.25, -0.2) is 0 Å². The molecule has 0 unspecified atom stereocenters. The van der Waals surface area contributed by atoms with Gasteiger partial charge in [-0.2, -0.15) is 5.26 Å². The number of ether oxygens (including phenoxy) is 1. The third-order valence-corrected chi connectivity index (χ3v) is 0.468. The Morgan fingerprint density at radius 3 is 2.75 bits per heavy atom. The van der Waals surface area contributed by atoms with Crippen LogP contribution in [-0.2, 0) is 4.74 Å². The number of rotatable bonds is 1. The quantitative estimate of drug-likeness (QED) is 0.231. The van der Waals surface area contributed by atoms with Gasteiger partial charge in [0, 0.05) is 0 Å². The summed E-state index contributed by atoms with van der Waals surface area (Å²) in [5, 5.41) is 18.4. The molecule has 0 saturated heterocycles. The molecule has 0 aliphatic carbocycles. The van der Waals surface area contributed by atoms with Crippen LogP contribution in [0.3, 0.4) is 0 Å². The summed E-state index contributed by atoms with van der Waals surface area (Å²) in [6.45, 7) is 2.04. The number of hydrogen-bond donors (Lipinski definition) is 1. The zero-order valence-corrected chi connectivity index (χ0v) is 4.46. The van der Waals surface area contributed by atoms with Crippen LogP contribution < -0.4 is 0 Å². The lowest BCUT2D eigenvalue weighted by Gasteiger charge is -1.91. The molecule has 0 bridgehead atoms. The van der Waals surface area contributed by atoms with Gasteiger partial charge in [-0.3, -0.25) is 0 Å². The van der Waals surface area contributed by atoms with Crippen LogP contribution in [0.4, 0.5) is 0 Å². The van der Waals surface area contributed by atoms with Crippen molar-refractivity contribution >= 4 is 5.90 Å². The number of hydrogen-bond acceptors (Lipinski definition) is 4. The molecule has 0 spiro atoms. The minimum atomic E-state index is -0.299. The average molecular weight is 114 g/mol. The Morgan fingerprint density at radius 2 is 2.62 bits per heavy atom. The maximum absolute atomic E-state index is 7.99. The molecule has 4 nitrogen and oxygen atoms in total. The summed E-state index contributed by atoms with van der Waals surface area (Å²) in [6.07, 6.45) is 0. The highest BCUT2D eigenvalue weighted by atomic mass is 16.5. The van der Waals surface area contributed by atoms with Crippen LogP contribution in [0.25, 0.3) is 0 Å². The Kier molecular flexibility index (Phi) is 3.32.